The Morgan fingerprint density at radius 1 is 0.355 bits per heavy atom. The minimum absolute atomic E-state index is 0.450. The van der Waals surface area contributed by atoms with Crippen LogP contribution in [0.5, 0.6) is 0 Å². The van der Waals surface area contributed by atoms with E-state index in [2.05, 4.69) is 204 Å². The Morgan fingerprint density at radius 2 is 0.742 bits per heavy atom. The molecule has 0 aliphatic carbocycles. The van der Waals surface area contributed by atoms with Gasteiger partial charge in [0.2, 0.25) is 0 Å². The summed E-state index contributed by atoms with van der Waals surface area (Å²) in [6, 6.07) is 85.0. The van der Waals surface area contributed by atoms with Gasteiger partial charge in [-0.25, -0.2) is 0 Å². The lowest BCUT2D eigenvalue weighted by molar-refractivity contribution is 1.20. The van der Waals surface area contributed by atoms with Crippen LogP contribution in [0, 0.1) is 5.41 Å². The van der Waals surface area contributed by atoms with Gasteiger partial charge in [0.25, 0.3) is 0 Å². The van der Waals surface area contributed by atoms with Gasteiger partial charge in [-0.3, -0.25) is 5.41 Å². The Bertz CT molecular complexity index is 3030. The summed E-state index contributed by atoms with van der Waals surface area (Å²) >= 11 is 0. The second kappa shape index (κ2) is 17.1. The van der Waals surface area contributed by atoms with Crippen molar-refractivity contribution in [1.29, 1.82) is 5.41 Å². The van der Waals surface area contributed by atoms with Gasteiger partial charge >= 0.3 is 0 Å². The Hall–Kier alpha value is -8.27. The molecular formula is C59H43N3. The molecule has 2 N–H and O–H groups in total. The van der Waals surface area contributed by atoms with Crippen LogP contribution in [0.25, 0.3) is 56.4 Å². The number of allylic oxidation sites excluding steroid dienone is 1. The van der Waals surface area contributed by atoms with Crippen molar-refractivity contribution < 1.29 is 0 Å². The molecule has 3 nitrogen and oxygen atoms in total. The highest BCUT2D eigenvalue weighted by Gasteiger charge is 2.27. The number of benzene rings is 9. The fourth-order valence-corrected chi connectivity index (χ4v) is 8.39. The van der Waals surface area contributed by atoms with Crippen molar-refractivity contribution >= 4 is 45.8 Å². The first-order valence-corrected chi connectivity index (χ1v) is 21.0. The molecule has 3 heteroatoms. The summed E-state index contributed by atoms with van der Waals surface area (Å²) in [5, 5.41) is 13.7. The number of nitrogens with zero attached hydrogens (tertiary/aromatic N) is 1. The van der Waals surface area contributed by atoms with Crippen molar-refractivity contribution in [2.45, 2.75) is 0 Å². The summed E-state index contributed by atoms with van der Waals surface area (Å²) in [7, 11) is 0. The first kappa shape index (κ1) is 38.0. The van der Waals surface area contributed by atoms with Gasteiger partial charge in [0.05, 0.1) is 17.1 Å². The molecule has 0 saturated carbocycles. The molecule has 0 spiro atoms. The molecular weight excluding hydrogens is 751 g/mol. The van der Waals surface area contributed by atoms with Gasteiger partial charge < -0.3 is 10.2 Å². The summed E-state index contributed by atoms with van der Waals surface area (Å²) in [6.07, 6.45) is 2.27. The fraction of sp³-hybridized carbons (Fsp3) is 0. The van der Waals surface area contributed by atoms with Gasteiger partial charge in [0, 0.05) is 39.3 Å². The maximum Gasteiger partial charge on any atom is 0.0711 e. The molecule has 0 bridgehead atoms. The number of hydrogen-bond acceptors (Lipinski definition) is 3. The molecule has 1 aliphatic rings. The van der Waals surface area contributed by atoms with Gasteiger partial charge in [-0.2, -0.15) is 0 Å². The number of hydrogen-bond donors (Lipinski definition) is 2. The van der Waals surface area contributed by atoms with E-state index < -0.39 is 0 Å². The van der Waals surface area contributed by atoms with E-state index in [-0.39, 0.29) is 0 Å². The van der Waals surface area contributed by atoms with Crippen LogP contribution < -0.4 is 10.2 Å². The zero-order chi connectivity index (χ0) is 41.7. The highest BCUT2D eigenvalue weighted by Crippen LogP contribution is 2.45. The van der Waals surface area contributed by atoms with E-state index in [0.29, 0.717) is 5.71 Å². The van der Waals surface area contributed by atoms with Gasteiger partial charge in [0.1, 0.15) is 0 Å². The summed E-state index contributed by atoms with van der Waals surface area (Å²) in [4.78, 5) is 2.36. The number of nitrogens with one attached hydrogen (secondary N) is 2. The molecule has 62 heavy (non-hydrogen) atoms. The molecule has 0 aromatic heterocycles. The van der Waals surface area contributed by atoms with Crippen LogP contribution in [-0.4, -0.2) is 5.71 Å². The van der Waals surface area contributed by atoms with Crippen LogP contribution in [0.15, 0.2) is 243 Å². The molecule has 9 aromatic carbocycles. The minimum atomic E-state index is 0.450. The predicted octanol–water partition coefficient (Wildman–Crippen LogP) is 15.2. The topological polar surface area (TPSA) is 39.1 Å². The standard InChI is InChI=1S/C59H43N3/c60-58(50-25-14-5-15-26-50)57(49-23-12-4-13-24-49)59-53-27-16-28-56(54(53)41-55(61-59)48-21-10-3-11-22-48)62(51-37-33-46(34-38-51)43-19-8-2-9-20-43)52-39-35-47(36-40-52)45-31-29-44(30-32-45)42-17-6-1-7-18-42/h1-41,60-61H/b59-57-,60-58?. The average molecular weight is 794 g/mol. The summed E-state index contributed by atoms with van der Waals surface area (Å²) in [5.41, 5.74) is 18.2. The first-order chi connectivity index (χ1) is 30.7. The lowest BCUT2D eigenvalue weighted by Gasteiger charge is -2.32. The van der Waals surface area contributed by atoms with Crippen LogP contribution >= 0.6 is 0 Å². The lowest BCUT2D eigenvalue weighted by Crippen LogP contribution is -2.22. The molecule has 0 saturated heterocycles. The van der Waals surface area contributed by atoms with Gasteiger partial charge in [-0.05, 0) is 80.9 Å². The maximum atomic E-state index is 9.79. The highest BCUT2D eigenvalue weighted by atomic mass is 15.1. The number of fused-ring (bicyclic) bond motifs is 1. The minimum Gasteiger partial charge on any atom is -0.354 e. The third-order valence-corrected chi connectivity index (χ3v) is 11.5. The molecule has 0 fully saturated rings. The number of anilines is 3. The molecule has 0 radical (unpaired) electrons. The van der Waals surface area contributed by atoms with Crippen molar-refractivity contribution in [3.63, 3.8) is 0 Å². The summed E-state index contributed by atoms with van der Waals surface area (Å²) < 4.78 is 0. The van der Waals surface area contributed by atoms with Gasteiger partial charge in [0.15, 0.2) is 0 Å². The largest absolute Gasteiger partial charge is 0.354 e. The third kappa shape index (κ3) is 7.67. The molecule has 294 valence electrons. The van der Waals surface area contributed by atoms with Crippen molar-refractivity contribution in [2.75, 3.05) is 4.90 Å². The van der Waals surface area contributed by atoms with Crippen molar-refractivity contribution in [3.05, 3.63) is 270 Å². The van der Waals surface area contributed by atoms with E-state index in [1.165, 1.54) is 16.7 Å². The van der Waals surface area contributed by atoms with Crippen LogP contribution in [0.3, 0.4) is 0 Å². The van der Waals surface area contributed by atoms with Crippen LogP contribution in [0.1, 0.15) is 27.8 Å². The smallest absolute Gasteiger partial charge is 0.0711 e. The highest BCUT2D eigenvalue weighted by molar-refractivity contribution is 6.36. The van der Waals surface area contributed by atoms with E-state index in [1.807, 2.05) is 54.6 Å². The fourth-order valence-electron chi connectivity index (χ4n) is 8.39. The second-order valence-electron chi connectivity index (χ2n) is 15.4. The van der Waals surface area contributed by atoms with Crippen molar-refractivity contribution in [1.82, 2.24) is 5.32 Å². The Morgan fingerprint density at radius 3 is 1.21 bits per heavy atom. The first-order valence-electron chi connectivity index (χ1n) is 21.0. The quantitative estimate of drug-likeness (QED) is 0.135. The van der Waals surface area contributed by atoms with E-state index in [1.54, 1.807) is 0 Å². The van der Waals surface area contributed by atoms with Gasteiger partial charge in [-0.15, -0.1) is 0 Å². The summed E-state index contributed by atoms with van der Waals surface area (Å²) in [5.74, 6) is 0. The molecule has 1 aliphatic heterocycles. The SMILES string of the molecule is N=C(/C(=C1\NC(c2ccccc2)=Cc2c1cccc2N(c1ccc(-c2ccccc2)cc1)c1ccc(-c2ccc(-c3ccccc3)cc2)cc1)c1ccccc1)c1ccccc1. The van der Waals surface area contributed by atoms with E-state index >= 15 is 0 Å². The van der Waals surface area contributed by atoms with Crippen LogP contribution in [0.2, 0.25) is 0 Å². The predicted molar refractivity (Wildman–Crippen MR) is 261 cm³/mol. The third-order valence-electron chi connectivity index (χ3n) is 11.5. The normalized spacial score (nSPS) is 12.7. The monoisotopic (exact) mass is 793 g/mol. The molecule has 0 amide bonds. The zero-order valence-electron chi connectivity index (χ0n) is 34.1. The Balaban J connectivity index is 1.15. The van der Waals surface area contributed by atoms with Crippen molar-refractivity contribution in [3.8, 4) is 33.4 Å². The molecule has 0 unspecified atom stereocenters. The Kier molecular flexibility index (Phi) is 10.5. The zero-order valence-corrected chi connectivity index (χ0v) is 34.1. The van der Waals surface area contributed by atoms with E-state index in [4.69, 9.17) is 0 Å². The van der Waals surface area contributed by atoms with Crippen LogP contribution in [0.4, 0.5) is 17.1 Å². The summed E-state index contributed by atoms with van der Waals surface area (Å²) in [6.45, 7) is 0. The van der Waals surface area contributed by atoms with Gasteiger partial charge in [-0.1, -0.05) is 212 Å². The second-order valence-corrected chi connectivity index (χ2v) is 15.4. The molecule has 10 rings (SSSR count). The maximum absolute atomic E-state index is 9.79. The van der Waals surface area contributed by atoms with Crippen molar-refractivity contribution in [2.24, 2.45) is 0 Å². The molecule has 0 atom stereocenters. The molecule has 1 heterocycles. The lowest BCUT2D eigenvalue weighted by atomic mass is 9.87. The van der Waals surface area contributed by atoms with Crippen LogP contribution in [-0.2, 0) is 0 Å². The van der Waals surface area contributed by atoms with E-state index in [0.717, 1.165) is 78.5 Å². The molecule has 9 aromatic rings. The number of rotatable bonds is 10. The Labute approximate surface area is 363 Å². The van der Waals surface area contributed by atoms with E-state index in [9.17, 15) is 5.41 Å². The average Bonchev–Trinajstić information content (AvgIpc) is 3.36.